The minimum Gasteiger partial charge on any atom is -0.402 e. The van der Waals surface area contributed by atoms with E-state index in [0.717, 1.165) is 84.3 Å². The van der Waals surface area contributed by atoms with Crippen molar-refractivity contribution >= 4 is 14.6 Å². The van der Waals surface area contributed by atoms with E-state index in [1.54, 1.807) is 0 Å². The monoisotopic (exact) mass is 915 g/mol. The van der Waals surface area contributed by atoms with Crippen LogP contribution in [0.25, 0.3) is 0 Å². The van der Waals surface area contributed by atoms with E-state index in [-0.39, 0.29) is 24.3 Å². The lowest BCUT2D eigenvalue weighted by atomic mass is 10.1. The number of ether oxygens (including phenoxy) is 4. The first-order valence-electron chi connectivity index (χ1n) is 27.1. The zero-order chi connectivity index (χ0) is 46.6. The van der Waals surface area contributed by atoms with Crippen molar-refractivity contribution in [1.29, 1.82) is 0 Å². The molecule has 0 aromatic rings. The zero-order valence-corrected chi connectivity index (χ0v) is 42.8. The molecular formula is C50H104B2N2O10. The second-order valence-corrected chi connectivity index (χ2v) is 18.5. The third-order valence-corrected chi connectivity index (χ3v) is 12.1. The Morgan fingerprint density at radius 3 is 1.16 bits per heavy atom. The van der Waals surface area contributed by atoms with Crippen LogP contribution in [-0.4, -0.2) is 151 Å². The molecule has 2 aliphatic heterocycles. The maximum atomic E-state index is 10.1. The molecule has 0 aromatic carbocycles. The summed E-state index contributed by atoms with van der Waals surface area (Å²) >= 11 is 0. The summed E-state index contributed by atoms with van der Waals surface area (Å²) in [5, 5.41) is 20.1. The molecule has 0 aliphatic carbocycles. The molecule has 380 valence electrons. The normalized spacial score (nSPS) is 20.4. The molecule has 2 fully saturated rings. The molecule has 0 spiro atoms. The second-order valence-electron chi connectivity index (χ2n) is 18.5. The van der Waals surface area contributed by atoms with Gasteiger partial charge in [0.05, 0.1) is 63.9 Å². The Hall–Kier alpha value is -0.350. The molecule has 0 aromatic heterocycles. The Labute approximate surface area is 395 Å². The van der Waals surface area contributed by atoms with Crippen LogP contribution in [0.1, 0.15) is 208 Å². The Balaban J connectivity index is 0.000000641. The van der Waals surface area contributed by atoms with Crippen LogP contribution in [0, 0.1) is 0 Å². The minimum atomic E-state index is -1.22. The molecule has 14 heteroatoms. The van der Waals surface area contributed by atoms with Crippen molar-refractivity contribution in [3.8, 4) is 0 Å². The van der Waals surface area contributed by atoms with Gasteiger partial charge in [-0.2, -0.15) is 0 Å². The fraction of sp³-hybridized carbons (Fsp3) is 1.00. The highest BCUT2D eigenvalue weighted by Gasteiger charge is 2.34. The van der Waals surface area contributed by atoms with Crippen LogP contribution in [0.3, 0.4) is 0 Å². The lowest BCUT2D eigenvalue weighted by Gasteiger charge is -2.39. The van der Waals surface area contributed by atoms with Crippen molar-refractivity contribution in [1.82, 2.24) is 9.80 Å². The van der Waals surface area contributed by atoms with Crippen LogP contribution in [-0.2, 0) is 37.6 Å². The summed E-state index contributed by atoms with van der Waals surface area (Å²) in [7, 11) is -2.38. The molecule has 0 saturated carbocycles. The molecule has 2 N–H and O–H groups in total. The Bertz CT molecular complexity index is 907. The first kappa shape index (κ1) is 61.7. The van der Waals surface area contributed by atoms with Gasteiger partial charge in [0, 0.05) is 39.5 Å². The Morgan fingerprint density at radius 2 is 0.766 bits per heavy atom. The lowest BCUT2D eigenvalue weighted by Crippen LogP contribution is -2.55. The van der Waals surface area contributed by atoms with Gasteiger partial charge in [0.1, 0.15) is 0 Å². The standard InChI is InChI=1S/C26H54BNO5.C24H50BNO5/c1-4-7-10-11-12-13-14-15-16-17-18-28-25(21-30-19-8-5-2)23-32-27(29)33-24-26(28)22-31-20-9-6-3;1-4-7-8-9-10-11-12-13-14-15-16-26-19-23(21-28-17-5-2)30-25(27)31-24(20-26)22-29-18-6-3/h25-26,29H,4-24H2,1-3H3;23-24,27H,4-22H2,1-3H3. The van der Waals surface area contributed by atoms with Crippen molar-refractivity contribution in [3.63, 3.8) is 0 Å². The van der Waals surface area contributed by atoms with Gasteiger partial charge in [0.25, 0.3) is 0 Å². The predicted octanol–water partition coefficient (Wildman–Crippen LogP) is 10.4. The van der Waals surface area contributed by atoms with E-state index in [1.807, 2.05) is 0 Å². The first-order valence-corrected chi connectivity index (χ1v) is 27.1. The van der Waals surface area contributed by atoms with E-state index in [4.69, 9.17) is 37.6 Å². The molecule has 0 bridgehead atoms. The third-order valence-electron chi connectivity index (χ3n) is 12.1. The maximum absolute atomic E-state index is 10.1. The fourth-order valence-corrected chi connectivity index (χ4v) is 8.30. The van der Waals surface area contributed by atoms with Crippen molar-refractivity contribution in [2.75, 3.05) is 92.2 Å². The molecule has 12 nitrogen and oxygen atoms in total. The van der Waals surface area contributed by atoms with Gasteiger partial charge in [-0.15, -0.1) is 0 Å². The summed E-state index contributed by atoms with van der Waals surface area (Å²) in [6, 6.07) is 0.220. The van der Waals surface area contributed by atoms with E-state index < -0.39 is 14.6 Å². The molecule has 2 rings (SSSR count). The summed E-state index contributed by atoms with van der Waals surface area (Å²) in [6.07, 6.45) is 32.7. The SMILES string of the molecule is CCCCCCCCCCCCN1C(COCCCC)COB(O)OCC1COCCCC.CCCCCCCCCCCCN1CC(COCCC)OB(O)OC(COCCC)C1. The van der Waals surface area contributed by atoms with Gasteiger partial charge in [0.2, 0.25) is 0 Å². The van der Waals surface area contributed by atoms with Crippen molar-refractivity contribution in [2.24, 2.45) is 0 Å². The van der Waals surface area contributed by atoms with Crippen LogP contribution in [0.4, 0.5) is 0 Å². The number of nitrogens with zero attached hydrogens (tertiary/aromatic N) is 2. The van der Waals surface area contributed by atoms with E-state index in [9.17, 15) is 10.0 Å². The highest BCUT2D eigenvalue weighted by atomic mass is 16.7. The molecule has 4 unspecified atom stereocenters. The van der Waals surface area contributed by atoms with Crippen LogP contribution in [0.2, 0.25) is 0 Å². The molecule has 64 heavy (non-hydrogen) atoms. The molecule has 4 atom stereocenters. The van der Waals surface area contributed by atoms with Gasteiger partial charge < -0.3 is 47.6 Å². The van der Waals surface area contributed by atoms with Gasteiger partial charge in [-0.1, -0.05) is 170 Å². The summed E-state index contributed by atoms with van der Waals surface area (Å²) in [6.45, 7) is 22.6. The quantitative estimate of drug-likeness (QED) is 0.0450. The van der Waals surface area contributed by atoms with Gasteiger partial charge in [-0.25, -0.2) is 0 Å². The van der Waals surface area contributed by atoms with Gasteiger partial charge in [0.15, 0.2) is 0 Å². The average molecular weight is 915 g/mol. The zero-order valence-electron chi connectivity index (χ0n) is 42.8. The molecule has 2 saturated heterocycles. The largest absolute Gasteiger partial charge is 0.637 e. The number of rotatable bonds is 40. The molecule has 2 aliphatic rings. The number of hydrogen-bond donors (Lipinski definition) is 2. The van der Waals surface area contributed by atoms with Gasteiger partial charge in [-0.05, 0) is 51.6 Å². The predicted molar refractivity (Wildman–Crippen MR) is 266 cm³/mol. The van der Waals surface area contributed by atoms with Crippen molar-refractivity contribution in [3.05, 3.63) is 0 Å². The summed E-state index contributed by atoms with van der Waals surface area (Å²) < 4.78 is 45.9. The van der Waals surface area contributed by atoms with Crippen LogP contribution >= 0.6 is 0 Å². The van der Waals surface area contributed by atoms with Crippen molar-refractivity contribution in [2.45, 2.75) is 233 Å². The molecular weight excluding hydrogens is 810 g/mol. The number of hydrogen-bond acceptors (Lipinski definition) is 12. The van der Waals surface area contributed by atoms with E-state index in [2.05, 4.69) is 51.3 Å². The topological polar surface area (TPSA) is 121 Å². The van der Waals surface area contributed by atoms with E-state index >= 15 is 0 Å². The highest BCUT2D eigenvalue weighted by Crippen LogP contribution is 2.18. The summed E-state index contributed by atoms with van der Waals surface area (Å²) in [5.74, 6) is 0. The van der Waals surface area contributed by atoms with E-state index in [1.165, 1.54) is 122 Å². The summed E-state index contributed by atoms with van der Waals surface area (Å²) in [4.78, 5) is 4.87. The Morgan fingerprint density at radius 1 is 0.406 bits per heavy atom. The maximum Gasteiger partial charge on any atom is 0.637 e. The van der Waals surface area contributed by atoms with Crippen molar-refractivity contribution < 1.29 is 47.6 Å². The highest BCUT2D eigenvalue weighted by molar-refractivity contribution is 6.34. The number of unbranched alkanes of at least 4 members (excludes halogenated alkanes) is 20. The third kappa shape index (κ3) is 35.7. The summed E-state index contributed by atoms with van der Waals surface area (Å²) in [5.41, 5.74) is 0. The smallest absolute Gasteiger partial charge is 0.402 e. The van der Waals surface area contributed by atoms with Crippen LogP contribution in [0.15, 0.2) is 0 Å². The second kappa shape index (κ2) is 46.4. The first-order chi connectivity index (χ1) is 31.4. The van der Waals surface area contributed by atoms with Crippen LogP contribution in [0.5, 0.6) is 0 Å². The fourth-order valence-electron chi connectivity index (χ4n) is 8.30. The van der Waals surface area contributed by atoms with Gasteiger partial charge >= 0.3 is 14.6 Å². The molecule has 2 heterocycles. The van der Waals surface area contributed by atoms with Gasteiger partial charge in [-0.3, -0.25) is 9.80 Å². The average Bonchev–Trinajstić information content (AvgIpc) is 3.28. The lowest BCUT2D eigenvalue weighted by molar-refractivity contribution is -0.0576. The minimum absolute atomic E-state index is 0.110. The van der Waals surface area contributed by atoms with E-state index in [0.29, 0.717) is 52.9 Å². The molecule has 0 radical (unpaired) electrons. The Kier molecular flexibility index (Phi) is 44.7. The van der Waals surface area contributed by atoms with Crippen LogP contribution < -0.4 is 0 Å². The molecule has 0 amide bonds.